The summed E-state index contributed by atoms with van der Waals surface area (Å²) in [4.78, 5) is 10.9. The van der Waals surface area contributed by atoms with E-state index >= 15 is 0 Å². The van der Waals surface area contributed by atoms with Gasteiger partial charge in [0.2, 0.25) is 5.91 Å². The van der Waals surface area contributed by atoms with Gasteiger partial charge in [0.25, 0.3) is 0 Å². The quantitative estimate of drug-likeness (QED) is 0.492. The lowest BCUT2D eigenvalue weighted by molar-refractivity contribution is -0.131. The van der Waals surface area contributed by atoms with Gasteiger partial charge >= 0.3 is 0 Å². The van der Waals surface area contributed by atoms with Crippen LogP contribution in [0.25, 0.3) is 0 Å². The Morgan fingerprint density at radius 1 is 1.46 bits per heavy atom. The Labute approximate surface area is 80.7 Å². The van der Waals surface area contributed by atoms with Crippen molar-refractivity contribution < 1.29 is 4.79 Å². The zero-order valence-electron chi connectivity index (χ0n) is 9.22. The number of hydrogen-bond acceptors (Lipinski definition) is 3. The molecule has 2 unspecified atom stereocenters. The lowest BCUT2D eigenvalue weighted by atomic mass is 10.2. The van der Waals surface area contributed by atoms with E-state index in [9.17, 15) is 4.79 Å². The molecule has 0 aromatic carbocycles. The van der Waals surface area contributed by atoms with Crippen LogP contribution in [0.2, 0.25) is 0 Å². The molecule has 0 bridgehead atoms. The van der Waals surface area contributed by atoms with Crippen molar-refractivity contribution in [1.29, 1.82) is 0 Å². The number of carbonyl (C=O) groups is 1. The van der Waals surface area contributed by atoms with Crippen LogP contribution in [-0.2, 0) is 4.79 Å². The molecule has 13 heavy (non-hydrogen) atoms. The maximum absolute atomic E-state index is 10.9. The Hall–Kier alpha value is -0.610. The number of carbonyl (C=O) groups excluding carboxylic acids is 1. The van der Waals surface area contributed by atoms with E-state index in [0.717, 1.165) is 6.42 Å². The second kappa shape index (κ2) is 5.94. The van der Waals surface area contributed by atoms with Crippen molar-refractivity contribution in [2.45, 2.75) is 46.3 Å². The predicted octanol–water partition coefficient (Wildman–Crippen LogP) is 0.703. The zero-order chi connectivity index (χ0) is 10.4. The van der Waals surface area contributed by atoms with Crippen molar-refractivity contribution in [2.75, 3.05) is 7.05 Å². The van der Waals surface area contributed by atoms with Gasteiger partial charge in [-0.1, -0.05) is 6.92 Å². The molecule has 0 aliphatic rings. The summed E-state index contributed by atoms with van der Waals surface area (Å²) in [5, 5.41) is 4.80. The molecule has 0 aromatic heterocycles. The minimum atomic E-state index is 0.0119. The lowest BCUT2D eigenvalue weighted by Crippen LogP contribution is -2.52. The zero-order valence-corrected chi connectivity index (χ0v) is 9.22. The molecule has 4 heteroatoms. The molecule has 0 saturated carbocycles. The number of hydrogen-bond donors (Lipinski definition) is 2. The molecule has 0 heterocycles. The van der Waals surface area contributed by atoms with E-state index < -0.39 is 0 Å². The molecule has 0 saturated heterocycles. The molecule has 0 aliphatic carbocycles. The van der Waals surface area contributed by atoms with E-state index in [2.05, 4.69) is 24.6 Å². The van der Waals surface area contributed by atoms with Gasteiger partial charge in [-0.15, -0.1) is 0 Å². The topological polar surface area (TPSA) is 44.4 Å². The van der Waals surface area contributed by atoms with Gasteiger partial charge in [-0.25, -0.2) is 5.43 Å². The number of amides is 1. The third kappa shape index (κ3) is 5.60. The van der Waals surface area contributed by atoms with Crippen LogP contribution in [0.5, 0.6) is 0 Å². The summed E-state index contributed by atoms with van der Waals surface area (Å²) in [6, 6.07) is 0.461. The second-order valence-electron chi connectivity index (χ2n) is 3.40. The van der Waals surface area contributed by atoms with Crippen molar-refractivity contribution >= 4 is 5.91 Å². The van der Waals surface area contributed by atoms with Crippen LogP contribution < -0.4 is 10.7 Å². The van der Waals surface area contributed by atoms with Crippen molar-refractivity contribution in [2.24, 2.45) is 0 Å². The number of hydrazine groups is 1. The molecule has 0 rings (SSSR count). The van der Waals surface area contributed by atoms with E-state index in [-0.39, 0.29) is 12.1 Å². The monoisotopic (exact) mass is 187 g/mol. The molecule has 2 N–H and O–H groups in total. The molecule has 78 valence electrons. The van der Waals surface area contributed by atoms with Gasteiger partial charge in [0.15, 0.2) is 0 Å². The Bertz CT molecular complexity index is 161. The summed E-state index contributed by atoms with van der Waals surface area (Å²) in [7, 11) is 1.72. The van der Waals surface area contributed by atoms with E-state index in [4.69, 9.17) is 0 Å². The van der Waals surface area contributed by atoms with Gasteiger partial charge < -0.3 is 0 Å². The highest BCUT2D eigenvalue weighted by atomic mass is 16.2. The van der Waals surface area contributed by atoms with E-state index in [1.54, 1.807) is 7.05 Å². The first-order valence-electron chi connectivity index (χ1n) is 4.73. The summed E-state index contributed by atoms with van der Waals surface area (Å²) < 4.78 is 0. The van der Waals surface area contributed by atoms with Crippen LogP contribution in [0.4, 0.5) is 0 Å². The Balaban J connectivity index is 3.73. The lowest BCUT2D eigenvalue weighted by Gasteiger charge is -2.25. The highest BCUT2D eigenvalue weighted by Crippen LogP contribution is 1.90. The molecule has 4 nitrogen and oxygen atoms in total. The predicted molar refractivity (Wildman–Crippen MR) is 53.9 cm³/mol. The molecule has 0 fully saturated rings. The summed E-state index contributed by atoms with van der Waals surface area (Å²) in [5.74, 6) is 0.0119. The summed E-state index contributed by atoms with van der Waals surface area (Å²) in [6.45, 7) is 7.76. The Kier molecular flexibility index (Phi) is 5.66. The van der Waals surface area contributed by atoms with Crippen molar-refractivity contribution in [1.82, 2.24) is 15.8 Å². The van der Waals surface area contributed by atoms with Crippen LogP contribution in [0, 0.1) is 0 Å². The van der Waals surface area contributed by atoms with E-state index in [1.165, 1.54) is 11.9 Å². The van der Waals surface area contributed by atoms with E-state index in [1.807, 2.05) is 6.92 Å². The molecular weight excluding hydrogens is 166 g/mol. The molecular formula is C9H21N3O. The summed E-state index contributed by atoms with van der Waals surface area (Å²) >= 11 is 0. The average molecular weight is 187 g/mol. The van der Waals surface area contributed by atoms with Crippen molar-refractivity contribution in [3.8, 4) is 0 Å². The van der Waals surface area contributed by atoms with E-state index in [0.29, 0.717) is 6.04 Å². The smallest absolute Gasteiger partial charge is 0.233 e. The first-order valence-corrected chi connectivity index (χ1v) is 4.73. The van der Waals surface area contributed by atoms with Gasteiger partial charge in [0, 0.05) is 20.0 Å². The Morgan fingerprint density at radius 3 is 2.38 bits per heavy atom. The molecule has 0 radical (unpaired) electrons. The van der Waals surface area contributed by atoms with Gasteiger partial charge in [-0.3, -0.25) is 15.1 Å². The molecule has 0 aromatic rings. The number of rotatable bonds is 5. The number of nitrogens with zero attached hydrogens (tertiary/aromatic N) is 1. The normalized spacial score (nSPS) is 15.2. The van der Waals surface area contributed by atoms with Crippen LogP contribution in [0.3, 0.4) is 0 Å². The second-order valence-corrected chi connectivity index (χ2v) is 3.40. The third-order valence-electron chi connectivity index (χ3n) is 2.01. The third-order valence-corrected chi connectivity index (χ3v) is 2.01. The summed E-state index contributed by atoms with van der Waals surface area (Å²) in [5.41, 5.74) is 3.02. The van der Waals surface area contributed by atoms with Gasteiger partial charge in [-0.05, 0) is 20.3 Å². The first kappa shape index (κ1) is 12.4. The first-order chi connectivity index (χ1) is 5.97. The van der Waals surface area contributed by atoms with Crippen LogP contribution in [-0.4, -0.2) is 30.2 Å². The van der Waals surface area contributed by atoms with Crippen molar-refractivity contribution in [3.63, 3.8) is 0 Å². The molecule has 0 aliphatic heterocycles. The largest absolute Gasteiger partial charge is 0.298 e. The fraction of sp³-hybridized carbons (Fsp3) is 0.889. The van der Waals surface area contributed by atoms with Crippen LogP contribution in [0.1, 0.15) is 34.1 Å². The average Bonchev–Trinajstić information content (AvgIpc) is 2.03. The Morgan fingerprint density at radius 2 is 2.00 bits per heavy atom. The van der Waals surface area contributed by atoms with Gasteiger partial charge in [0.1, 0.15) is 0 Å². The minimum absolute atomic E-state index is 0.0119. The highest BCUT2D eigenvalue weighted by Gasteiger charge is 2.08. The van der Waals surface area contributed by atoms with Crippen LogP contribution >= 0.6 is 0 Å². The fourth-order valence-electron chi connectivity index (χ4n) is 0.963. The molecule has 0 spiro atoms. The van der Waals surface area contributed by atoms with Crippen molar-refractivity contribution in [3.05, 3.63) is 0 Å². The number of nitrogens with one attached hydrogen (secondary N) is 2. The fourth-order valence-corrected chi connectivity index (χ4v) is 0.963. The van der Waals surface area contributed by atoms with Gasteiger partial charge in [-0.2, -0.15) is 0 Å². The maximum atomic E-state index is 10.9. The van der Waals surface area contributed by atoms with Gasteiger partial charge in [0.05, 0.1) is 6.17 Å². The maximum Gasteiger partial charge on any atom is 0.233 e. The molecule has 1 amide bonds. The standard InChI is InChI=1S/C9H21N3O/c1-6-7(2)10-8(3)11-12(5)9(4)13/h7-8,10-11H,6H2,1-5H3. The highest BCUT2D eigenvalue weighted by molar-refractivity contribution is 5.72. The SMILES string of the molecule is CCC(C)NC(C)NN(C)C(C)=O. The van der Waals surface area contributed by atoms with Crippen LogP contribution in [0.15, 0.2) is 0 Å². The minimum Gasteiger partial charge on any atom is -0.298 e. The molecule has 2 atom stereocenters. The summed E-state index contributed by atoms with van der Waals surface area (Å²) in [6.07, 6.45) is 1.19.